The van der Waals surface area contributed by atoms with Crippen LogP contribution in [0.15, 0.2) is 133 Å². The Kier molecular flexibility index (Phi) is 19.7. The van der Waals surface area contributed by atoms with Crippen LogP contribution in [0.5, 0.6) is 23.0 Å². The first-order chi connectivity index (χ1) is 42.1. The Bertz CT molecular complexity index is 2860. The molecule has 0 bridgehead atoms. The molecule has 9 rings (SSSR count). The Balaban J connectivity index is 1.11. The molecule has 16 heteroatoms. The third-order valence-corrected chi connectivity index (χ3v) is 18.5. The summed E-state index contributed by atoms with van der Waals surface area (Å²) in [7, 11) is 0. The van der Waals surface area contributed by atoms with Crippen LogP contribution in [0.4, 0.5) is 0 Å². The number of ether oxygens (including phenoxy) is 4. The van der Waals surface area contributed by atoms with Crippen molar-refractivity contribution >= 4 is 23.9 Å². The van der Waals surface area contributed by atoms with Gasteiger partial charge in [-0.25, -0.2) is 19.2 Å². The summed E-state index contributed by atoms with van der Waals surface area (Å²) in [5, 5.41) is 7.93. The summed E-state index contributed by atoms with van der Waals surface area (Å²) in [4.78, 5) is 88.6. The standard InChI is InChI=1S/C74H98N4O12/c1-67(2)41-37-55(47-71(9,10)75(67)87-51-29-21-17-22-30-51)83-63(79)59-45-61(65(81)85-57-39-43-69(5,6)77(73(13,14)49-57)89-53-33-25-19-26-34-53)62(66(82)86-58-40-44-70(7,8)78(74(15,16)50-58)90-54-35-27-20-28-36-54)46-60(59)64(80)84-56-38-42-68(3,4)76(72(11,12)48-56)88-52-31-23-18-24-32-52/h17-36,45-46,55-58H,37-44,47-50H2,1-16H3. The Morgan fingerprint density at radius 3 is 0.644 bits per heavy atom. The maximum Gasteiger partial charge on any atom is 0.339 e. The lowest BCUT2D eigenvalue weighted by Gasteiger charge is -2.45. The molecular formula is C74H98N4O12. The minimum atomic E-state index is -0.867. The Morgan fingerprint density at radius 1 is 0.289 bits per heavy atom. The molecular weight excluding hydrogens is 1140 g/mol. The molecule has 16 nitrogen and oxygen atoms in total. The molecule has 4 fully saturated rings. The molecule has 0 radical (unpaired) electrons. The molecule has 4 aliphatic heterocycles. The number of rotatable bonds is 16. The van der Waals surface area contributed by atoms with Gasteiger partial charge in [0.05, 0.1) is 66.6 Å². The van der Waals surface area contributed by atoms with Crippen molar-refractivity contribution in [2.24, 2.45) is 0 Å². The Hall–Kier alpha value is -6.98. The van der Waals surface area contributed by atoms with Crippen molar-refractivity contribution in [3.8, 4) is 23.0 Å². The average molecular weight is 1240 g/mol. The van der Waals surface area contributed by atoms with E-state index in [1.165, 1.54) is 12.1 Å². The second-order valence-corrected chi connectivity index (χ2v) is 30.3. The molecule has 5 aromatic carbocycles. The molecule has 486 valence electrons. The fourth-order valence-electron chi connectivity index (χ4n) is 14.6. The summed E-state index contributed by atoms with van der Waals surface area (Å²) in [5.41, 5.74) is -5.79. The third kappa shape index (κ3) is 15.8. The number of para-hydroxylation sites is 4. The molecule has 90 heavy (non-hydrogen) atoms. The highest BCUT2D eigenvalue weighted by Gasteiger charge is 2.50. The largest absolute Gasteiger partial charge is 0.459 e. The number of carbonyl (C=O) groups excluding carboxylic acids is 4. The van der Waals surface area contributed by atoms with Crippen LogP contribution in [-0.4, -0.2) is 113 Å². The van der Waals surface area contributed by atoms with Gasteiger partial charge in [-0.15, -0.1) is 20.3 Å². The van der Waals surface area contributed by atoms with E-state index in [0.29, 0.717) is 100 Å². The highest BCUT2D eigenvalue weighted by molar-refractivity contribution is 6.10. The first-order valence-corrected chi connectivity index (χ1v) is 32.3. The van der Waals surface area contributed by atoms with Crippen LogP contribution in [0.2, 0.25) is 0 Å². The van der Waals surface area contributed by atoms with Gasteiger partial charge < -0.3 is 38.3 Å². The van der Waals surface area contributed by atoms with E-state index in [-0.39, 0.29) is 22.3 Å². The minimum Gasteiger partial charge on any atom is -0.459 e. The summed E-state index contributed by atoms with van der Waals surface area (Å²) >= 11 is 0. The predicted molar refractivity (Wildman–Crippen MR) is 347 cm³/mol. The van der Waals surface area contributed by atoms with Gasteiger partial charge in [-0.05, 0) is 223 Å². The number of nitrogens with zero attached hydrogens (tertiary/aromatic N) is 4. The van der Waals surface area contributed by atoms with Crippen LogP contribution in [0.1, 0.15) is 229 Å². The summed E-state index contributed by atoms with van der Waals surface area (Å²) in [6, 6.07) is 40.9. The molecule has 4 saturated heterocycles. The smallest absolute Gasteiger partial charge is 0.339 e. The topological polar surface area (TPSA) is 155 Å². The van der Waals surface area contributed by atoms with E-state index in [9.17, 15) is 0 Å². The van der Waals surface area contributed by atoms with E-state index in [2.05, 4.69) is 111 Å². The second-order valence-electron chi connectivity index (χ2n) is 30.3. The Morgan fingerprint density at radius 2 is 0.467 bits per heavy atom. The zero-order chi connectivity index (χ0) is 65.2. The van der Waals surface area contributed by atoms with Gasteiger partial charge in [0.2, 0.25) is 0 Å². The highest BCUT2D eigenvalue weighted by Crippen LogP contribution is 2.44. The molecule has 4 aliphatic rings. The van der Waals surface area contributed by atoms with Gasteiger partial charge in [0.25, 0.3) is 0 Å². The number of hydroxylamine groups is 8. The van der Waals surface area contributed by atoms with E-state index < -0.39 is 92.6 Å². The minimum absolute atomic E-state index is 0.250. The molecule has 0 aliphatic carbocycles. The molecule has 5 aromatic rings. The SMILES string of the molecule is CC1(C)CCC(OC(=O)c2cc(C(=O)OC3CCC(C)(C)N(Oc4ccccc4)C(C)(C)C3)c(C(=O)OC3CCC(C)(C)N(Oc4ccccc4)C(C)(C)C3)cc2C(=O)OC2CCC(C)(C)N(Oc3ccccc3)C(C)(C)C2)CC(C)(C)N1Oc1ccccc1. The number of carbonyl (C=O) groups is 4. The van der Waals surface area contributed by atoms with Gasteiger partial charge in [0.1, 0.15) is 47.4 Å². The number of esters is 4. The second kappa shape index (κ2) is 26.3. The molecule has 0 N–H and O–H groups in total. The van der Waals surface area contributed by atoms with Crippen LogP contribution >= 0.6 is 0 Å². The van der Waals surface area contributed by atoms with E-state index in [1.54, 1.807) is 0 Å². The summed E-state index contributed by atoms with van der Waals surface area (Å²) in [6.07, 6.45) is 2.80. The van der Waals surface area contributed by atoms with Crippen LogP contribution in [0, 0.1) is 0 Å². The van der Waals surface area contributed by atoms with E-state index in [0.717, 1.165) is 0 Å². The lowest BCUT2D eigenvalue weighted by atomic mass is 9.94. The monoisotopic (exact) mass is 1230 g/mol. The van der Waals surface area contributed by atoms with E-state index in [1.807, 2.05) is 142 Å². The molecule has 0 saturated carbocycles. The summed E-state index contributed by atoms with van der Waals surface area (Å²) in [6.45, 7) is 33.2. The molecule has 4 heterocycles. The molecule has 4 unspecified atom stereocenters. The molecule has 0 aromatic heterocycles. The van der Waals surface area contributed by atoms with Crippen LogP contribution < -0.4 is 19.4 Å². The fraction of sp³-hybridized carbons (Fsp3) is 0.541. The first kappa shape index (κ1) is 67.4. The number of hydrogen-bond donors (Lipinski definition) is 0. The van der Waals surface area contributed by atoms with Crippen molar-refractivity contribution in [1.82, 2.24) is 20.3 Å². The highest BCUT2D eigenvalue weighted by atomic mass is 16.7. The van der Waals surface area contributed by atoms with Gasteiger partial charge in [-0.1, -0.05) is 72.8 Å². The maximum absolute atomic E-state index is 15.5. The van der Waals surface area contributed by atoms with Crippen molar-refractivity contribution in [3.05, 3.63) is 156 Å². The van der Waals surface area contributed by atoms with Crippen molar-refractivity contribution < 1.29 is 57.5 Å². The lowest BCUT2D eigenvalue weighted by molar-refractivity contribution is -0.196. The van der Waals surface area contributed by atoms with Crippen molar-refractivity contribution in [2.75, 3.05) is 0 Å². The van der Waals surface area contributed by atoms with Gasteiger partial charge >= 0.3 is 23.9 Å². The average Bonchev–Trinajstić information content (AvgIpc) is 1.68. The lowest BCUT2D eigenvalue weighted by Crippen LogP contribution is -2.56. The molecule has 4 atom stereocenters. The number of benzene rings is 5. The van der Waals surface area contributed by atoms with Gasteiger partial charge in [-0.3, -0.25) is 0 Å². The van der Waals surface area contributed by atoms with Crippen LogP contribution in [-0.2, 0) is 18.9 Å². The zero-order valence-electron chi connectivity index (χ0n) is 56.2. The maximum atomic E-state index is 15.5. The van der Waals surface area contributed by atoms with E-state index >= 15 is 19.2 Å². The quantitative estimate of drug-likeness (QED) is 0.0679. The van der Waals surface area contributed by atoms with Crippen LogP contribution in [0.25, 0.3) is 0 Å². The zero-order valence-corrected chi connectivity index (χ0v) is 56.2. The summed E-state index contributed by atoms with van der Waals surface area (Å²) < 4.78 is 26.4. The molecule has 0 spiro atoms. The van der Waals surface area contributed by atoms with E-state index in [4.69, 9.17) is 38.3 Å². The van der Waals surface area contributed by atoms with Crippen molar-refractivity contribution in [3.63, 3.8) is 0 Å². The van der Waals surface area contributed by atoms with Gasteiger partial charge in [0.15, 0.2) is 0 Å². The number of hydrogen-bond acceptors (Lipinski definition) is 16. The Labute approximate surface area is 534 Å². The summed E-state index contributed by atoms with van der Waals surface area (Å²) in [5.74, 6) is -0.774. The normalized spacial score (nSPS) is 24.6. The van der Waals surface area contributed by atoms with Crippen molar-refractivity contribution in [1.29, 1.82) is 0 Å². The van der Waals surface area contributed by atoms with Gasteiger partial charge in [-0.2, -0.15) is 0 Å². The molecule has 0 amide bonds. The third-order valence-electron chi connectivity index (χ3n) is 18.5. The van der Waals surface area contributed by atoms with Gasteiger partial charge in [0, 0.05) is 25.7 Å². The fourth-order valence-corrected chi connectivity index (χ4v) is 14.6. The predicted octanol–water partition coefficient (Wildman–Crippen LogP) is 15.9. The first-order valence-electron chi connectivity index (χ1n) is 32.3. The van der Waals surface area contributed by atoms with Crippen LogP contribution in [0.3, 0.4) is 0 Å². The van der Waals surface area contributed by atoms with Crippen molar-refractivity contribution in [2.45, 2.75) is 257 Å².